The standard InChI is InChI=1S/C11H17N3O3S/c1-8-11(9(2)13-12-8)18(16,17)14-6-4-3-5-10(14)7-15/h7,10H,3-6H2,1-2H3,(H,12,13). The zero-order valence-electron chi connectivity index (χ0n) is 10.5. The Labute approximate surface area is 106 Å². The molecule has 1 unspecified atom stereocenters. The van der Waals surface area contributed by atoms with E-state index in [2.05, 4.69) is 10.2 Å². The molecule has 7 heteroatoms. The molecule has 2 rings (SSSR count). The molecular formula is C11H17N3O3S. The summed E-state index contributed by atoms with van der Waals surface area (Å²) in [6.07, 6.45) is 3.00. The van der Waals surface area contributed by atoms with Crippen LogP contribution in [0.4, 0.5) is 0 Å². The smallest absolute Gasteiger partial charge is 0.247 e. The Morgan fingerprint density at radius 3 is 2.67 bits per heavy atom. The molecule has 1 atom stereocenters. The van der Waals surface area contributed by atoms with Crippen LogP contribution in [0.25, 0.3) is 0 Å². The Morgan fingerprint density at radius 2 is 2.11 bits per heavy atom. The van der Waals surface area contributed by atoms with E-state index in [1.165, 1.54) is 4.31 Å². The third-order valence-corrected chi connectivity index (χ3v) is 5.47. The molecule has 0 radical (unpaired) electrons. The van der Waals surface area contributed by atoms with Crippen LogP contribution in [0.3, 0.4) is 0 Å². The van der Waals surface area contributed by atoms with Gasteiger partial charge in [0, 0.05) is 6.54 Å². The molecule has 0 bridgehead atoms. The average molecular weight is 271 g/mol. The molecule has 2 heterocycles. The molecule has 0 aromatic carbocycles. The Balaban J connectivity index is 2.45. The van der Waals surface area contributed by atoms with Crippen LogP contribution >= 0.6 is 0 Å². The average Bonchev–Trinajstić information content (AvgIpc) is 2.69. The lowest BCUT2D eigenvalue weighted by atomic mass is 10.1. The van der Waals surface area contributed by atoms with E-state index in [1.54, 1.807) is 13.8 Å². The summed E-state index contributed by atoms with van der Waals surface area (Å²) in [4.78, 5) is 11.2. The number of carbonyl (C=O) groups is 1. The van der Waals surface area contributed by atoms with Gasteiger partial charge in [-0.15, -0.1) is 0 Å². The van der Waals surface area contributed by atoms with Crippen LogP contribution in [-0.2, 0) is 14.8 Å². The monoisotopic (exact) mass is 271 g/mol. The topological polar surface area (TPSA) is 83.1 Å². The first-order chi connectivity index (χ1) is 8.48. The predicted molar refractivity (Wildman–Crippen MR) is 65.7 cm³/mol. The minimum Gasteiger partial charge on any atom is -0.302 e. The zero-order valence-corrected chi connectivity index (χ0v) is 11.3. The highest BCUT2D eigenvalue weighted by atomic mass is 32.2. The van der Waals surface area contributed by atoms with Crippen molar-refractivity contribution >= 4 is 16.3 Å². The summed E-state index contributed by atoms with van der Waals surface area (Å²) in [6.45, 7) is 3.72. The van der Waals surface area contributed by atoms with Crippen molar-refractivity contribution in [2.45, 2.75) is 44.0 Å². The number of aldehydes is 1. The maximum atomic E-state index is 12.6. The highest BCUT2D eigenvalue weighted by Gasteiger charge is 2.36. The lowest BCUT2D eigenvalue weighted by Crippen LogP contribution is -2.44. The van der Waals surface area contributed by atoms with E-state index < -0.39 is 16.1 Å². The van der Waals surface area contributed by atoms with Gasteiger partial charge in [-0.05, 0) is 26.7 Å². The number of aryl methyl sites for hydroxylation is 2. The van der Waals surface area contributed by atoms with Gasteiger partial charge in [-0.1, -0.05) is 6.42 Å². The number of hydrogen-bond acceptors (Lipinski definition) is 4. The van der Waals surface area contributed by atoms with Gasteiger partial charge < -0.3 is 4.79 Å². The van der Waals surface area contributed by atoms with Gasteiger partial charge in [0.25, 0.3) is 0 Å². The van der Waals surface area contributed by atoms with E-state index >= 15 is 0 Å². The first-order valence-corrected chi connectivity index (χ1v) is 7.41. The Morgan fingerprint density at radius 1 is 1.39 bits per heavy atom. The van der Waals surface area contributed by atoms with Gasteiger partial charge in [0.1, 0.15) is 11.2 Å². The molecule has 6 nitrogen and oxygen atoms in total. The molecule has 1 aliphatic heterocycles. The van der Waals surface area contributed by atoms with Crippen molar-refractivity contribution in [1.29, 1.82) is 0 Å². The number of carbonyl (C=O) groups excluding carboxylic acids is 1. The molecule has 1 fully saturated rings. The van der Waals surface area contributed by atoms with Crippen LogP contribution in [0.1, 0.15) is 30.7 Å². The minimum atomic E-state index is -3.63. The van der Waals surface area contributed by atoms with E-state index in [0.717, 1.165) is 19.1 Å². The SMILES string of the molecule is Cc1n[nH]c(C)c1S(=O)(=O)N1CCCCC1C=O. The zero-order chi connectivity index (χ0) is 13.3. The quantitative estimate of drug-likeness (QED) is 0.823. The fourth-order valence-corrected chi connectivity index (χ4v) is 4.37. The maximum absolute atomic E-state index is 12.6. The Hall–Kier alpha value is -1.21. The normalized spacial score (nSPS) is 22.0. The molecule has 1 aromatic rings. The van der Waals surface area contributed by atoms with Crippen molar-refractivity contribution < 1.29 is 13.2 Å². The highest BCUT2D eigenvalue weighted by molar-refractivity contribution is 7.89. The molecule has 0 spiro atoms. The van der Waals surface area contributed by atoms with Gasteiger partial charge in [0.15, 0.2) is 0 Å². The summed E-state index contributed by atoms with van der Waals surface area (Å²) in [7, 11) is -3.63. The number of nitrogens with one attached hydrogen (secondary N) is 1. The summed E-state index contributed by atoms with van der Waals surface area (Å²) >= 11 is 0. The second-order valence-electron chi connectivity index (χ2n) is 4.58. The highest BCUT2D eigenvalue weighted by Crippen LogP contribution is 2.27. The van der Waals surface area contributed by atoms with Gasteiger partial charge in [-0.3, -0.25) is 5.10 Å². The van der Waals surface area contributed by atoms with Crippen LogP contribution < -0.4 is 0 Å². The van der Waals surface area contributed by atoms with Gasteiger partial charge in [0.2, 0.25) is 10.0 Å². The predicted octanol–water partition coefficient (Wildman–Crippen LogP) is 0.769. The van der Waals surface area contributed by atoms with Crippen LogP contribution in [0.15, 0.2) is 4.90 Å². The van der Waals surface area contributed by atoms with Crippen molar-refractivity contribution in [3.05, 3.63) is 11.4 Å². The fraction of sp³-hybridized carbons (Fsp3) is 0.636. The molecule has 1 aromatic heterocycles. The van der Waals surface area contributed by atoms with Crippen molar-refractivity contribution in [3.8, 4) is 0 Å². The van der Waals surface area contributed by atoms with Crippen LogP contribution in [0.5, 0.6) is 0 Å². The van der Waals surface area contributed by atoms with Gasteiger partial charge >= 0.3 is 0 Å². The fourth-order valence-electron chi connectivity index (χ4n) is 2.40. The number of sulfonamides is 1. The Bertz CT molecular complexity index is 530. The van der Waals surface area contributed by atoms with Crippen molar-refractivity contribution in [1.82, 2.24) is 14.5 Å². The van der Waals surface area contributed by atoms with E-state index in [4.69, 9.17) is 0 Å². The summed E-state index contributed by atoms with van der Waals surface area (Å²) in [5, 5.41) is 6.58. The summed E-state index contributed by atoms with van der Waals surface area (Å²) < 4.78 is 26.4. The second kappa shape index (κ2) is 4.81. The summed E-state index contributed by atoms with van der Waals surface area (Å²) in [6, 6.07) is -0.544. The van der Waals surface area contributed by atoms with Gasteiger partial charge in [-0.25, -0.2) is 8.42 Å². The number of nitrogens with zero attached hydrogens (tertiary/aromatic N) is 2. The van der Waals surface area contributed by atoms with Crippen LogP contribution in [0.2, 0.25) is 0 Å². The summed E-state index contributed by atoms with van der Waals surface area (Å²) in [5.74, 6) is 0. The van der Waals surface area contributed by atoms with Crippen LogP contribution in [-0.4, -0.2) is 41.8 Å². The van der Waals surface area contributed by atoms with E-state index in [-0.39, 0.29) is 4.90 Å². The number of aromatic amines is 1. The second-order valence-corrected chi connectivity index (χ2v) is 6.41. The van der Waals surface area contributed by atoms with Crippen molar-refractivity contribution in [2.24, 2.45) is 0 Å². The molecule has 1 N–H and O–H groups in total. The molecule has 0 amide bonds. The van der Waals surface area contributed by atoms with Crippen molar-refractivity contribution in [2.75, 3.05) is 6.54 Å². The lowest BCUT2D eigenvalue weighted by Gasteiger charge is -2.31. The molecule has 1 aliphatic rings. The molecular weight excluding hydrogens is 254 g/mol. The first kappa shape index (κ1) is 13.2. The number of hydrogen-bond donors (Lipinski definition) is 1. The maximum Gasteiger partial charge on any atom is 0.247 e. The molecule has 0 aliphatic carbocycles. The first-order valence-electron chi connectivity index (χ1n) is 5.97. The largest absolute Gasteiger partial charge is 0.302 e. The van der Waals surface area contributed by atoms with Gasteiger partial charge in [0.05, 0.1) is 17.4 Å². The van der Waals surface area contributed by atoms with Crippen LogP contribution in [0, 0.1) is 13.8 Å². The molecule has 100 valence electrons. The minimum absolute atomic E-state index is 0.205. The summed E-state index contributed by atoms with van der Waals surface area (Å²) in [5.41, 5.74) is 0.963. The number of piperidine rings is 1. The van der Waals surface area contributed by atoms with E-state index in [9.17, 15) is 13.2 Å². The number of rotatable bonds is 3. The third-order valence-electron chi connectivity index (χ3n) is 3.28. The lowest BCUT2D eigenvalue weighted by molar-refractivity contribution is -0.111. The molecule has 18 heavy (non-hydrogen) atoms. The van der Waals surface area contributed by atoms with Crippen molar-refractivity contribution in [3.63, 3.8) is 0 Å². The number of aromatic nitrogens is 2. The third kappa shape index (κ3) is 2.08. The van der Waals surface area contributed by atoms with E-state index in [0.29, 0.717) is 24.4 Å². The Kier molecular flexibility index (Phi) is 3.54. The number of H-pyrrole nitrogens is 1. The molecule has 1 saturated heterocycles. The molecule has 0 saturated carbocycles. The van der Waals surface area contributed by atoms with Gasteiger partial charge in [-0.2, -0.15) is 9.40 Å². The van der Waals surface area contributed by atoms with E-state index in [1.807, 2.05) is 0 Å².